The van der Waals surface area contributed by atoms with Gasteiger partial charge in [0.25, 0.3) is 0 Å². The molecule has 3 saturated heterocycles. The number of hydrogen-bond donors (Lipinski definition) is 5. The van der Waals surface area contributed by atoms with Crippen molar-refractivity contribution >= 4 is 5.97 Å². The van der Waals surface area contributed by atoms with Gasteiger partial charge in [-0.3, -0.25) is 4.79 Å². The summed E-state index contributed by atoms with van der Waals surface area (Å²) < 4.78 is 37.8. The summed E-state index contributed by atoms with van der Waals surface area (Å²) in [5.74, 6) is -3.05. The van der Waals surface area contributed by atoms with Gasteiger partial charge in [-0.1, -0.05) is 20.8 Å². The van der Waals surface area contributed by atoms with Gasteiger partial charge in [-0.15, -0.1) is 6.61 Å². The molecule has 3 aliphatic rings. The van der Waals surface area contributed by atoms with E-state index in [2.05, 4.69) is 5.32 Å². The van der Waals surface area contributed by atoms with E-state index in [1.165, 1.54) is 6.92 Å². The van der Waals surface area contributed by atoms with E-state index in [0.717, 1.165) is 0 Å². The van der Waals surface area contributed by atoms with Crippen LogP contribution >= 0.6 is 0 Å². The SMILES string of the molecule is CC[C@H]1OC(=O)[C@H](C)[C@@H](O[C@H]2C[C@@](C)(OC)C(C[O-])[C@H](C)O2)[C@H](C)[C@@H](O[C@@H]2O[C@H](C)CC(N(C)C)[C@H]2O)[C@](C)(O)C[C@@H](C)CN[C@H](C)[C@@H](O)[C@]1(C)O. The second-order valence-corrected chi connectivity index (χ2v) is 17.0. The third kappa shape index (κ3) is 10.2. The van der Waals surface area contributed by atoms with Gasteiger partial charge in [0, 0.05) is 31.5 Å². The molecule has 3 heterocycles. The number of nitrogens with one attached hydrogen (secondary N) is 1. The van der Waals surface area contributed by atoms with Gasteiger partial charge in [0.1, 0.15) is 23.9 Å². The lowest BCUT2D eigenvalue weighted by Crippen LogP contribution is -2.60. The van der Waals surface area contributed by atoms with Crippen LogP contribution < -0.4 is 10.4 Å². The fourth-order valence-corrected chi connectivity index (χ4v) is 8.76. The number of nitrogens with zero attached hydrogens (tertiary/aromatic N) is 1. The molecule has 3 rings (SSSR count). The van der Waals surface area contributed by atoms with Crippen molar-refractivity contribution in [3.63, 3.8) is 0 Å². The number of cyclic esters (lactones) is 1. The summed E-state index contributed by atoms with van der Waals surface area (Å²) in [5, 5.41) is 62.4. The predicted octanol–water partition coefficient (Wildman–Crippen LogP) is 1.17. The van der Waals surface area contributed by atoms with Gasteiger partial charge < -0.3 is 64.2 Å². The monoisotopic (exact) mass is 748 g/mol. The molecule has 0 aromatic carbocycles. The zero-order valence-corrected chi connectivity index (χ0v) is 33.9. The standard InChI is InChI=1S/C38H71N2O12/c1-14-28-38(10,46)32(43)24(6)39-18-20(2)16-36(8,45)33(52-35-30(42)27(40(11)12)15-21(3)48-35)22(4)31(23(5)34(44)50-28)51-29-17-37(9,47-13)26(19-41)25(7)49-29/h20-33,35,39,42-43,45-46H,14-19H2,1-13H3/q-1/t20-,21-,22+,23-,24-,25+,26?,27?,28-,29+,30-,31+,32-,33-,35+,36-,37-,38-/m1/s1. The number of aliphatic hydroxyl groups is 4. The smallest absolute Gasteiger partial charge is 0.311 e. The van der Waals surface area contributed by atoms with Crippen molar-refractivity contribution in [1.29, 1.82) is 0 Å². The van der Waals surface area contributed by atoms with Crippen molar-refractivity contribution in [1.82, 2.24) is 10.2 Å². The maximum Gasteiger partial charge on any atom is 0.311 e. The van der Waals surface area contributed by atoms with E-state index in [1.807, 2.05) is 46.7 Å². The topological polar surface area (TPSA) is 192 Å². The average Bonchev–Trinajstić information content (AvgIpc) is 3.06. The first-order valence-corrected chi connectivity index (χ1v) is 19.2. The number of aliphatic hydroxyl groups excluding tert-OH is 2. The Morgan fingerprint density at radius 1 is 1.00 bits per heavy atom. The van der Waals surface area contributed by atoms with E-state index < -0.39 is 102 Å². The van der Waals surface area contributed by atoms with Crippen molar-refractivity contribution in [3.05, 3.63) is 0 Å². The van der Waals surface area contributed by atoms with Crippen molar-refractivity contribution in [2.24, 2.45) is 23.7 Å². The van der Waals surface area contributed by atoms with Gasteiger partial charge >= 0.3 is 5.97 Å². The molecule has 306 valence electrons. The van der Waals surface area contributed by atoms with Crippen LogP contribution in [0.25, 0.3) is 0 Å². The molecule has 0 aromatic heterocycles. The molecule has 3 aliphatic heterocycles. The molecule has 0 bridgehead atoms. The maximum absolute atomic E-state index is 14.2. The molecule has 14 nitrogen and oxygen atoms in total. The predicted molar refractivity (Wildman–Crippen MR) is 192 cm³/mol. The van der Waals surface area contributed by atoms with E-state index in [0.29, 0.717) is 13.0 Å². The molecule has 0 saturated carbocycles. The molecule has 0 spiro atoms. The molecule has 52 heavy (non-hydrogen) atoms. The summed E-state index contributed by atoms with van der Waals surface area (Å²) in [7, 11) is 5.31. The fourth-order valence-electron chi connectivity index (χ4n) is 8.76. The minimum absolute atomic E-state index is 0.158. The van der Waals surface area contributed by atoms with E-state index in [4.69, 9.17) is 28.4 Å². The highest BCUT2D eigenvalue weighted by Crippen LogP contribution is 2.41. The molecule has 0 radical (unpaired) electrons. The Labute approximate surface area is 311 Å². The Balaban J connectivity index is 2.15. The van der Waals surface area contributed by atoms with Gasteiger partial charge in [-0.2, -0.15) is 0 Å². The molecule has 0 amide bonds. The lowest BCUT2D eigenvalue weighted by molar-refractivity contribution is -0.406. The Morgan fingerprint density at radius 3 is 2.19 bits per heavy atom. The van der Waals surface area contributed by atoms with Gasteiger partial charge in [-0.25, -0.2) is 0 Å². The summed E-state index contributed by atoms with van der Waals surface area (Å²) >= 11 is 0. The van der Waals surface area contributed by atoms with Gasteiger partial charge in [0.15, 0.2) is 12.6 Å². The average molecular weight is 748 g/mol. The minimum atomic E-state index is -1.80. The van der Waals surface area contributed by atoms with E-state index in [1.54, 1.807) is 41.7 Å². The molecule has 0 aromatic rings. The van der Waals surface area contributed by atoms with E-state index in [9.17, 15) is 30.3 Å². The fraction of sp³-hybridized carbons (Fsp3) is 0.974. The second kappa shape index (κ2) is 18.3. The summed E-state index contributed by atoms with van der Waals surface area (Å²) in [6, 6.07) is -0.863. The number of rotatable bonds is 8. The van der Waals surface area contributed by atoms with Crippen LogP contribution in [0.4, 0.5) is 0 Å². The number of carbonyl (C=O) groups is 1. The first-order chi connectivity index (χ1) is 24.0. The summed E-state index contributed by atoms with van der Waals surface area (Å²) in [5.41, 5.74) is -4.24. The molecule has 5 N–H and O–H groups in total. The Hall–Kier alpha value is -1.01. The van der Waals surface area contributed by atoms with Crippen LogP contribution in [0.1, 0.15) is 94.9 Å². The van der Waals surface area contributed by atoms with Crippen LogP contribution in [0.3, 0.4) is 0 Å². The van der Waals surface area contributed by atoms with Crippen LogP contribution in [-0.4, -0.2) is 150 Å². The highest BCUT2D eigenvalue weighted by atomic mass is 16.7. The number of ether oxygens (including phenoxy) is 6. The normalized spacial score (nSPS) is 49.2. The minimum Gasteiger partial charge on any atom is -0.854 e. The Kier molecular flexibility index (Phi) is 16.0. The van der Waals surface area contributed by atoms with Crippen molar-refractivity contribution < 1.29 is 58.7 Å². The van der Waals surface area contributed by atoms with Gasteiger partial charge in [-0.05, 0) is 100 Å². The van der Waals surface area contributed by atoms with Gasteiger partial charge in [0.2, 0.25) is 0 Å². The summed E-state index contributed by atoms with van der Waals surface area (Å²) in [4.78, 5) is 16.1. The van der Waals surface area contributed by atoms with Crippen LogP contribution in [0.2, 0.25) is 0 Å². The van der Waals surface area contributed by atoms with E-state index in [-0.39, 0.29) is 37.3 Å². The molecular formula is C38H71N2O12-. The number of likely N-dealkylation sites (N-methyl/N-ethyl adjacent to an activating group) is 1. The number of carbonyl (C=O) groups excluding carboxylic acids is 1. The lowest BCUT2D eigenvalue weighted by Gasteiger charge is -2.50. The Morgan fingerprint density at radius 2 is 1.63 bits per heavy atom. The van der Waals surface area contributed by atoms with Crippen molar-refractivity contribution in [3.8, 4) is 0 Å². The highest BCUT2D eigenvalue weighted by Gasteiger charge is 2.52. The van der Waals surface area contributed by atoms with Gasteiger partial charge in [0.05, 0.1) is 41.5 Å². The maximum atomic E-state index is 14.2. The third-order valence-electron chi connectivity index (χ3n) is 12.2. The first-order valence-electron chi connectivity index (χ1n) is 19.2. The second-order valence-electron chi connectivity index (χ2n) is 17.0. The molecule has 2 unspecified atom stereocenters. The first kappa shape index (κ1) is 45.4. The highest BCUT2D eigenvalue weighted by molar-refractivity contribution is 5.73. The molecule has 3 fully saturated rings. The van der Waals surface area contributed by atoms with Crippen LogP contribution in [0.15, 0.2) is 0 Å². The third-order valence-corrected chi connectivity index (χ3v) is 12.2. The summed E-state index contributed by atoms with van der Waals surface area (Å²) in [6.07, 6.45) is -7.06. The quantitative estimate of drug-likeness (QED) is 0.223. The van der Waals surface area contributed by atoms with Crippen molar-refractivity contribution in [2.75, 3.05) is 34.4 Å². The molecular weight excluding hydrogens is 676 g/mol. The van der Waals surface area contributed by atoms with E-state index >= 15 is 0 Å². The zero-order valence-electron chi connectivity index (χ0n) is 33.9. The Bertz CT molecular complexity index is 1130. The molecule has 14 heteroatoms. The van der Waals surface area contributed by atoms with Crippen molar-refractivity contribution in [2.45, 2.75) is 179 Å². The van der Waals surface area contributed by atoms with Crippen LogP contribution in [-0.2, 0) is 33.2 Å². The number of hydrogen-bond acceptors (Lipinski definition) is 14. The summed E-state index contributed by atoms with van der Waals surface area (Å²) in [6.45, 7) is 17.6. The largest absolute Gasteiger partial charge is 0.854 e. The number of esters is 1. The zero-order chi connectivity index (χ0) is 39.5. The number of methoxy groups -OCH3 is 1. The molecule has 18 atom stereocenters. The van der Waals surface area contributed by atoms with Crippen LogP contribution in [0.5, 0.6) is 0 Å². The molecule has 0 aliphatic carbocycles. The van der Waals surface area contributed by atoms with Crippen LogP contribution in [0, 0.1) is 23.7 Å². The lowest BCUT2D eigenvalue weighted by atomic mass is 9.77.